The molecule has 1 aromatic heterocycles. The standard InChI is InChI=1S/C10H17BrN4/c1-10(2,3)6-14-8-7(11)5-13-9(12-4)15-8/h5H,6H2,1-4H3,(H2,12,13,14,15). The highest BCUT2D eigenvalue weighted by Gasteiger charge is 2.11. The largest absolute Gasteiger partial charge is 0.368 e. The smallest absolute Gasteiger partial charge is 0.224 e. The lowest BCUT2D eigenvalue weighted by atomic mass is 9.97. The lowest BCUT2D eigenvalue weighted by molar-refractivity contribution is 0.442. The Balaban J connectivity index is 2.75. The average molecular weight is 273 g/mol. The quantitative estimate of drug-likeness (QED) is 0.889. The molecule has 0 aliphatic rings. The highest BCUT2D eigenvalue weighted by atomic mass is 79.9. The zero-order chi connectivity index (χ0) is 11.5. The second-order valence-electron chi connectivity index (χ2n) is 4.55. The van der Waals surface area contributed by atoms with Crippen LogP contribution in [0.15, 0.2) is 10.7 Å². The van der Waals surface area contributed by atoms with Gasteiger partial charge < -0.3 is 10.6 Å². The molecule has 4 nitrogen and oxygen atoms in total. The van der Waals surface area contributed by atoms with E-state index in [9.17, 15) is 0 Å². The number of hydrogen-bond acceptors (Lipinski definition) is 4. The molecule has 0 aromatic carbocycles. The first-order valence-electron chi connectivity index (χ1n) is 4.86. The third-order valence-electron chi connectivity index (χ3n) is 1.75. The molecule has 1 heterocycles. The highest BCUT2D eigenvalue weighted by Crippen LogP contribution is 2.22. The molecule has 0 saturated carbocycles. The lowest BCUT2D eigenvalue weighted by Gasteiger charge is -2.19. The van der Waals surface area contributed by atoms with Gasteiger partial charge >= 0.3 is 0 Å². The molecule has 5 heteroatoms. The van der Waals surface area contributed by atoms with Crippen LogP contribution in [0.2, 0.25) is 0 Å². The molecule has 0 saturated heterocycles. The van der Waals surface area contributed by atoms with Crippen molar-refractivity contribution in [2.75, 3.05) is 24.2 Å². The van der Waals surface area contributed by atoms with Gasteiger partial charge in [0.05, 0.1) is 4.47 Å². The zero-order valence-corrected chi connectivity index (χ0v) is 11.1. The first-order chi connectivity index (χ1) is 6.92. The van der Waals surface area contributed by atoms with Crippen molar-refractivity contribution < 1.29 is 0 Å². The van der Waals surface area contributed by atoms with E-state index in [4.69, 9.17) is 0 Å². The van der Waals surface area contributed by atoms with Gasteiger partial charge in [0.15, 0.2) is 0 Å². The van der Waals surface area contributed by atoms with E-state index >= 15 is 0 Å². The Hall–Kier alpha value is -0.840. The second kappa shape index (κ2) is 4.79. The summed E-state index contributed by atoms with van der Waals surface area (Å²) in [5, 5.41) is 6.20. The third-order valence-corrected chi connectivity index (χ3v) is 2.33. The molecule has 84 valence electrons. The normalized spacial score (nSPS) is 11.3. The average Bonchev–Trinajstić information content (AvgIpc) is 2.15. The fourth-order valence-corrected chi connectivity index (χ4v) is 1.29. The summed E-state index contributed by atoms with van der Waals surface area (Å²) in [7, 11) is 1.80. The van der Waals surface area contributed by atoms with Crippen LogP contribution in [-0.2, 0) is 0 Å². The van der Waals surface area contributed by atoms with E-state index in [0.717, 1.165) is 16.8 Å². The molecule has 0 radical (unpaired) electrons. The van der Waals surface area contributed by atoms with Crippen LogP contribution < -0.4 is 10.6 Å². The van der Waals surface area contributed by atoms with Crippen molar-refractivity contribution in [1.29, 1.82) is 0 Å². The predicted octanol–water partition coefficient (Wildman–Crippen LogP) is 2.74. The Labute approximate surface area is 99.0 Å². The van der Waals surface area contributed by atoms with Crippen LogP contribution in [0.5, 0.6) is 0 Å². The van der Waals surface area contributed by atoms with E-state index in [1.54, 1.807) is 13.2 Å². The molecule has 0 amide bonds. The molecule has 1 aromatic rings. The van der Waals surface area contributed by atoms with Crippen LogP contribution in [0.4, 0.5) is 11.8 Å². The Morgan fingerprint density at radius 2 is 2.07 bits per heavy atom. The van der Waals surface area contributed by atoms with Crippen LogP contribution in [-0.4, -0.2) is 23.6 Å². The minimum atomic E-state index is 0.226. The number of halogens is 1. The van der Waals surface area contributed by atoms with Crippen LogP contribution in [0.3, 0.4) is 0 Å². The maximum Gasteiger partial charge on any atom is 0.224 e. The van der Waals surface area contributed by atoms with Crippen molar-refractivity contribution >= 4 is 27.7 Å². The van der Waals surface area contributed by atoms with Gasteiger partial charge in [0.25, 0.3) is 0 Å². The van der Waals surface area contributed by atoms with Crippen molar-refractivity contribution in [3.05, 3.63) is 10.7 Å². The van der Waals surface area contributed by atoms with Gasteiger partial charge in [0.1, 0.15) is 5.82 Å². The van der Waals surface area contributed by atoms with Crippen LogP contribution >= 0.6 is 15.9 Å². The Morgan fingerprint density at radius 1 is 1.40 bits per heavy atom. The molecule has 0 unspecified atom stereocenters. The molecule has 0 aliphatic heterocycles. The fourth-order valence-electron chi connectivity index (χ4n) is 0.960. The lowest BCUT2D eigenvalue weighted by Crippen LogP contribution is -2.20. The highest BCUT2D eigenvalue weighted by molar-refractivity contribution is 9.10. The summed E-state index contributed by atoms with van der Waals surface area (Å²) < 4.78 is 0.880. The molecule has 0 atom stereocenters. The van der Waals surface area contributed by atoms with Gasteiger partial charge in [-0.3, -0.25) is 0 Å². The van der Waals surface area contributed by atoms with Gasteiger partial charge in [-0.1, -0.05) is 20.8 Å². The van der Waals surface area contributed by atoms with Crippen molar-refractivity contribution in [3.63, 3.8) is 0 Å². The van der Waals surface area contributed by atoms with Gasteiger partial charge in [-0.15, -0.1) is 0 Å². The molecule has 0 bridgehead atoms. The minimum absolute atomic E-state index is 0.226. The molecular weight excluding hydrogens is 256 g/mol. The van der Waals surface area contributed by atoms with Gasteiger partial charge in [-0.25, -0.2) is 4.98 Å². The van der Waals surface area contributed by atoms with Gasteiger partial charge in [-0.05, 0) is 21.3 Å². The summed E-state index contributed by atoms with van der Waals surface area (Å²) in [6.45, 7) is 7.39. The second-order valence-corrected chi connectivity index (χ2v) is 5.41. The SMILES string of the molecule is CNc1ncc(Br)c(NCC(C)(C)C)n1. The van der Waals surface area contributed by atoms with Gasteiger partial charge in [0.2, 0.25) is 5.95 Å². The number of hydrogen-bond donors (Lipinski definition) is 2. The minimum Gasteiger partial charge on any atom is -0.368 e. The molecule has 2 N–H and O–H groups in total. The van der Waals surface area contributed by atoms with Gasteiger partial charge in [0, 0.05) is 19.8 Å². The number of nitrogens with one attached hydrogen (secondary N) is 2. The molecular formula is C10H17BrN4. The maximum atomic E-state index is 4.31. The van der Waals surface area contributed by atoms with Crippen molar-refractivity contribution in [3.8, 4) is 0 Å². The van der Waals surface area contributed by atoms with E-state index in [1.165, 1.54) is 0 Å². The summed E-state index contributed by atoms with van der Waals surface area (Å²) in [6.07, 6.45) is 1.74. The summed E-state index contributed by atoms with van der Waals surface area (Å²) >= 11 is 3.41. The topological polar surface area (TPSA) is 49.8 Å². The Morgan fingerprint density at radius 3 is 2.60 bits per heavy atom. The molecule has 15 heavy (non-hydrogen) atoms. The van der Waals surface area contributed by atoms with Crippen LogP contribution in [0, 0.1) is 5.41 Å². The molecule has 0 spiro atoms. The number of nitrogens with zero attached hydrogens (tertiary/aromatic N) is 2. The van der Waals surface area contributed by atoms with E-state index in [-0.39, 0.29) is 5.41 Å². The number of anilines is 2. The van der Waals surface area contributed by atoms with E-state index in [2.05, 4.69) is 57.3 Å². The maximum absolute atomic E-state index is 4.31. The molecule has 0 fully saturated rings. The monoisotopic (exact) mass is 272 g/mol. The van der Waals surface area contributed by atoms with Crippen molar-refractivity contribution in [1.82, 2.24) is 9.97 Å². The molecule has 1 rings (SSSR count). The van der Waals surface area contributed by atoms with Gasteiger partial charge in [-0.2, -0.15) is 4.98 Å². The first kappa shape index (κ1) is 12.2. The Bertz CT molecular complexity index is 333. The summed E-state index contributed by atoms with van der Waals surface area (Å²) in [4.78, 5) is 8.41. The summed E-state index contributed by atoms with van der Waals surface area (Å²) in [6, 6.07) is 0. The summed E-state index contributed by atoms with van der Waals surface area (Å²) in [5.74, 6) is 1.44. The first-order valence-corrected chi connectivity index (χ1v) is 5.66. The Kier molecular flexibility index (Phi) is 3.90. The van der Waals surface area contributed by atoms with E-state index in [0.29, 0.717) is 5.95 Å². The number of rotatable bonds is 3. The van der Waals surface area contributed by atoms with Crippen molar-refractivity contribution in [2.45, 2.75) is 20.8 Å². The van der Waals surface area contributed by atoms with Crippen LogP contribution in [0.25, 0.3) is 0 Å². The molecule has 0 aliphatic carbocycles. The van der Waals surface area contributed by atoms with E-state index in [1.807, 2.05) is 0 Å². The number of aromatic nitrogens is 2. The predicted molar refractivity (Wildman–Crippen MR) is 67.2 cm³/mol. The zero-order valence-electron chi connectivity index (χ0n) is 9.56. The fraction of sp³-hybridized carbons (Fsp3) is 0.600. The summed E-state index contributed by atoms with van der Waals surface area (Å²) in [5.41, 5.74) is 0.226. The third kappa shape index (κ3) is 4.03. The van der Waals surface area contributed by atoms with Crippen LogP contribution in [0.1, 0.15) is 20.8 Å². The van der Waals surface area contributed by atoms with E-state index < -0.39 is 0 Å². The van der Waals surface area contributed by atoms with Crippen molar-refractivity contribution in [2.24, 2.45) is 5.41 Å².